The van der Waals surface area contributed by atoms with Crippen molar-refractivity contribution in [2.45, 2.75) is 32.0 Å². The SMILES string of the molecule is Cl.Cn1c2c(c3nc(N4CCC[C@@H](N)C4)n(Cc4cc(F)ccc4Cl)c3c1=O)COC2=O. The molecule has 2 aromatic heterocycles. The second-order valence-corrected chi connectivity index (χ2v) is 8.45. The van der Waals surface area contributed by atoms with Crippen molar-refractivity contribution in [1.82, 2.24) is 14.1 Å². The van der Waals surface area contributed by atoms with E-state index < -0.39 is 11.8 Å². The van der Waals surface area contributed by atoms with E-state index in [-0.39, 0.29) is 42.9 Å². The first kappa shape index (κ1) is 22.6. The highest BCUT2D eigenvalue weighted by Gasteiger charge is 2.33. The average Bonchev–Trinajstić information content (AvgIpc) is 3.30. The summed E-state index contributed by atoms with van der Waals surface area (Å²) in [5.41, 5.74) is 7.88. The number of imidazole rings is 1. The van der Waals surface area contributed by atoms with Crippen molar-refractivity contribution in [3.63, 3.8) is 0 Å². The van der Waals surface area contributed by atoms with Gasteiger partial charge in [-0.2, -0.15) is 0 Å². The van der Waals surface area contributed by atoms with Gasteiger partial charge in [0.1, 0.15) is 29.2 Å². The van der Waals surface area contributed by atoms with Crippen LogP contribution in [0.5, 0.6) is 0 Å². The van der Waals surface area contributed by atoms with Gasteiger partial charge in [-0.05, 0) is 36.6 Å². The molecule has 0 spiro atoms. The lowest BCUT2D eigenvalue weighted by atomic mass is 10.1. The van der Waals surface area contributed by atoms with Gasteiger partial charge in [0.2, 0.25) is 5.95 Å². The number of nitrogens with zero attached hydrogens (tertiary/aromatic N) is 4. The molecule has 170 valence electrons. The Labute approximate surface area is 194 Å². The summed E-state index contributed by atoms with van der Waals surface area (Å²) >= 11 is 6.33. The molecule has 1 fully saturated rings. The van der Waals surface area contributed by atoms with Crippen molar-refractivity contribution < 1.29 is 13.9 Å². The molecule has 4 heterocycles. The van der Waals surface area contributed by atoms with Gasteiger partial charge in [0.05, 0.1) is 6.54 Å². The van der Waals surface area contributed by atoms with Crippen LogP contribution >= 0.6 is 24.0 Å². The van der Waals surface area contributed by atoms with Crippen LogP contribution in [0.1, 0.15) is 34.5 Å². The molecule has 1 atom stereocenters. The van der Waals surface area contributed by atoms with Crippen molar-refractivity contribution in [3.05, 3.63) is 56.2 Å². The normalized spacial score (nSPS) is 17.9. The fourth-order valence-electron chi connectivity index (χ4n) is 4.46. The third kappa shape index (κ3) is 3.54. The number of piperidine rings is 1. The number of esters is 1. The van der Waals surface area contributed by atoms with Gasteiger partial charge in [0.25, 0.3) is 5.56 Å². The molecule has 8 nitrogen and oxygen atoms in total. The number of halogens is 3. The molecule has 0 unspecified atom stereocenters. The number of cyclic esters (lactones) is 1. The first-order chi connectivity index (χ1) is 14.8. The van der Waals surface area contributed by atoms with Gasteiger partial charge in [-0.3, -0.25) is 4.79 Å². The van der Waals surface area contributed by atoms with E-state index in [2.05, 4.69) is 0 Å². The Bertz CT molecular complexity index is 1290. The van der Waals surface area contributed by atoms with E-state index in [1.807, 2.05) is 4.90 Å². The third-order valence-electron chi connectivity index (χ3n) is 5.98. The maximum atomic E-state index is 13.9. The number of anilines is 1. The number of nitrogens with two attached hydrogens (primary N) is 1. The molecule has 2 N–H and O–H groups in total. The fourth-order valence-corrected chi connectivity index (χ4v) is 4.64. The van der Waals surface area contributed by atoms with Crippen LogP contribution < -0.4 is 16.2 Å². The minimum absolute atomic E-state index is 0. The summed E-state index contributed by atoms with van der Waals surface area (Å²) in [6.45, 7) is 1.51. The molecule has 11 heteroatoms. The first-order valence-corrected chi connectivity index (χ1v) is 10.5. The number of carbonyl (C=O) groups is 1. The molecule has 3 aromatic rings. The van der Waals surface area contributed by atoms with Crippen LogP contribution in [-0.2, 0) is 24.9 Å². The Morgan fingerprint density at radius 1 is 1.34 bits per heavy atom. The summed E-state index contributed by atoms with van der Waals surface area (Å²) in [7, 11) is 1.54. The zero-order chi connectivity index (χ0) is 21.9. The number of hydrogen-bond acceptors (Lipinski definition) is 6. The van der Waals surface area contributed by atoms with Crippen molar-refractivity contribution in [1.29, 1.82) is 0 Å². The summed E-state index contributed by atoms with van der Waals surface area (Å²) in [6.07, 6.45) is 1.80. The van der Waals surface area contributed by atoms with E-state index in [0.29, 0.717) is 39.7 Å². The number of rotatable bonds is 3. The topological polar surface area (TPSA) is 95.4 Å². The van der Waals surface area contributed by atoms with Crippen molar-refractivity contribution >= 4 is 47.0 Å². The largest absolute Gasteiger partial charge is 0.456 e. The van der Waals surface area contributed by atoms with Crippen LogP contribution in [0.15, 0.2) is 23.0 Å². The summed E-state index contributed by atoms with van der Waals surface area (Å²) in [4.78, 5) is 32.3. The number of benzene rings is 1. The van der Waals surface area contributed by atoms with Gasteiger partial charge in [-0.15, -0.1) is 12.4 Å². The standard InChI is InChI=1S/C21H21ClFN5O3.ClH/c1-26-17-14(10-31-20(17)30)16-18(19(26)29)28(8-11-7-12(23)4-5-15(11)22)21(25-16)27-6-2-3-13(24)9-27;/h4-5,7,13H,2-3,6,8-10,24H2,1H3;1H/t13-;/m1./s1. The van der Waals surface area contributed by atoms with Crippen LogP contribution in [0.2, 0.25) is 5.02 Å². The van der Waals surface area contributed by atoms with E-state index in [4.69, 9.17) is 27.1 Å². The summed E-state index contributed by atoms with van der Waals surface area (Å²) in [5, 5.41) is 0.390. The molecular formula is C21H22Cl2FN5O3. The number of hydrogen-bond donors (Lipinski definition) is 1. The quantitative estimate of drug-likeness (QED) is 0.577. The van der Waals surface area contributed by atoms with Crippen molar-refractivity contribution in [2.24, 2.45) is 12.8 Å². The van der Waals surface area contributed by atoms with Gasteiger partial charge >= 0.3 is 5.97 Å². The van der Waals surface area contributed by atoms with E-state index in [1.54, 1.807) is 4.57 Å². The highest BCUT2D eigenvalue weighted by Crippen LogP contribution is 2.31. The number of pyridine rings is 1. The molecule has 0 radical (unpaired) electrons. The average molecular weight is 482 g/mol. The lowest BCUT2D eigenvalue weighted by molar-refractivity contribution is 0.0528. The van der Waals surface area contributed by atoms with Gasteiger partial charge < -0.3 is 24.5 Å². The van der Waals surface area contributed by atoms with E-state index in [1.165, 1.54) is 29.8 Å². The van der Waals surface area contributed by atoms with E-state index >= 15 is 0 Å². The van der Waals surface area contributed by atoms with Crippen molar-refractivity contribution in [2.75, 3.05) is 18.0 Å². The number of fused-ring (bicyclic) bond motifs is 3. The van der Waals surface area contributed by atoms with Gasteiger partial charge in [-0.25, -0.2) is 14.2 Å². The monoisotopic (exact) mass is 481 g/mol. The fraction of sp³-hybridized carbons (Fsp3) is 0.381. The van der Waals surface area contributed by atoms with E-state index in [9.17, 15) is 14.0 Å². The van der Waals surface area contributed by atoms with Gasteiger partial charge in [-0.1, -0.05) is 11.6 Å². The molecule has 1 aromatic carbocycles. The lowest BCUT2D eigenvalue weighted by Crippen LogP contribution is -2.44. The Morgan fingerprint density at radius 3 is 2.88 bits per heavy atom. The Balaban J connectivity index is 0.00000245. The minimum atomic E-state index is -0.541. The van der Waals surface area contributed by atoms with E-state index in [0.717, 1.165) is 19.4 Å². The van der Waals surface area contributed by atoms with Crippen LogP contribution in [-0.4, -0.2) is 39.2 Å². The zero-order valence-corrected chi connectivity index (χ0v) is 18.9. The highest BCUT2D eigenvalue weighted by atomic mass is 35.5. The molecule has 0 amide bonds. The molecule has 32 heavy (non-hydrogen) atoms. The predicted octanol–water partition coefficient (Wildman–Crippen LogP) is 2.60. The zero-order valence-electron chi connectivity index (χ0n) is 17.3. The maximum Gasteiger partial charge on any atom is 0.355 e. The smallest absolute Gasteiger partial charge is 0.355 e. The Hall–Kier alpha value is -2.62. The predicted molar refractivity (Wildman–Crippen MR) is 121 cm³/mol. The van der Waals surface area contributed by atoms with Gasteiger partial charge in [0, 0.05) is 36.8 Å². The molecule has 2 aliphatic rings. The first-order valence-electron chi connectivity index (χ1n) is 10.1. The van der Waals surface area contributed by atoms with Gasteiger partial charge in [0.15, 0.2) is 0 Å². The lowest BCUT2D eigenvalue weighted by Gasteiger charge is -2.32. The van der Waals surface area contributed by atoms with Crippen LogP contribution in [0, 0.1) is 5.82 Å². The summed E-state index contributed by atoms with van der Waals surface area (Å²) < 4.78 is 22.2. The highest BCUT2D eigenvalue weighted by molar-refractivity contribution is 6.31. The summed E-state index contributed by atoms with van der Waals surface area (Å²) in [6, 6.07) is 4.12. The second kappa shape index (κ2) is 8.38. The number of carbonyl (C=O) groups excluding carboxylic acids is 1. The van der Waals surface area contributed by atoms with Crippen LogP contribution in [0.4, 0.5) is 10.3 Å². The Kier molecular flexibility index (Phi) is 5.91. The molecule has 0 aliphatic carbocycles. The maximum absolute atomic E-state index is 13.9. The Morgan fingerprint density at radius 2 is 2.12 bits per heavy atom. The molecule has 5 rings (SSSR count). The van der Waals surface area contributed by atoms with Crippen LogP contribution in [0.3, 0.4) is 0 Å². The number of aromatic nitrogens is 3. The minimum Gasteiger partial charge on any atom is -0.456 e. The molecule has 0 bridgehead atoms. The molecular weight excluding hydrogens is 460 g/mol. The molecule has 2 aliphatic heterocycles. The third-order valence-corrected chi connectivity index (χ3v) is 6.35. The molecule has 1 saturated heterocycles. The second-order valence-electron chi connectivity index (χ2n) is 8.05. The summed E-state index contributed by atoms with van der Waals surface area (Å²) in [5.74, 6) is -0.408. The van der Waals surface area contributed by atoms with Crippen molar-refractivity contribution in [3.8, 4) is 0 Å². The molecule has 0 saturated carbocycles. The van der Waals surface area contributed by atoms with Crippen LogP contribution in [0.25, 0.3) is 11.0 Å². The number of ether oxygens (including phenoxy) is 1.